The molecule has 2 rings (SSSR count). The number of pyridine rings is 1. The van der Waals surface area contributed by atoms with E-state index in [2.05, 4.69) is 25.9 Å². The van der Waals surface area contributed by atoms with Crippen LogP contribution in [0.3, 0.4) is 0 Å². The number of amides is 1. The molecule has 6 heteroatoms. The molecule has 16 heavy (non-hydrogen) atoms. The van der Waals surface area contributed by atoms with Crippen molar-refractivity contribution < 1.29 is 4.79 Å². The minimum atomic E-state index is -0.940. The Morgan fingerprint density at radius 2 is 2.25 bits per heavy atom. The summed E-state index contributed by atoms with van der Waals surface area (Å²) < 4.78 is 0.669. The first kappa shape index (κ1) is 11.1. The maximum atomic E-state index is 12.0. The fourth-order valence-corrected chi connectivity index (χ4v) is 2.04. The lowest BCUT2D eigenvalue weighted by Gasteiger charge is -2.20. The molecular formula is C10H11BrN4O. The predicted molar refractivity (Wildman–Crippen MR) is 63.7 cm³/mol. The standard InChI is InChI=1S/C10H11BrN4O/c1-10(6-3-4-13-7(11)5-6)8(16)15(2)9(12)14-10/h3-5H,1-2H3,(H2,12,14). The molecule has 0 aromatic carbocycles. The van der Waals surface area contributed by atoms with Crippen LogP contribution in [0.2, 0.25) is 0 Å². The molecule has 0 saturated heterocycles. The van der Waals surface area contributed by atoms with Crippen LogP contribution < -0.4 is 5.73 Å². The molecule has 1 unspecified atom stereocenters. The number of likely N-dealkylation sites (N-methyl/N-ethyl adjacent to an activating group) is 1. The molecule has 0 saturated carbocycles. The normalized spacial score (nSPS) is 24.8. The van der Waals surface area contributed by atoms with E-state index in [0.29, 0.717) is 4.60 Å². The number of guanidine groups is 1. The van der Waals surface area contributed by atoms with E-state index in [0.717, 1.165) is 5.56 Å². The molecule has 1 amide bonds. The van der Waals surface area contributed by atoms with E-state index >= 15 is 0 Å². The first-order valence-electron chi connectivity index (χ1n) is 4.70. The number of hydrogen-bond donors (Lipinski definition) is 1. The third-order valence-electron chi connectivity index (χ3n) is 2.69. The molecule has 1 aliphatic heterocycles. The van der Waals surface area contributed by atoms with Crippen LogP contribution in [0.1, 0.15) is 12.5 Å². The summed E-state index contributed by atoms with van der Waals surface area (Å²) in [7, 11) is 1.61. The number of aromatic nitrogens is 1. The summed E-state index contributed by atoms with van der Waals surface area (Å²) in [6.07, 6.45) is 1.63. The van der Waals surface area contributed by atoms with Gasteiger partial charge in [-0.25, -0.2) is 9.98 Å². The number of hydrogen-bond acceptors (Lipinski definition) is 4. The third-order valence-corrected chi connectivity index (χ3v) is 3.13. The summed E-state index contributed by atoms with van der Waals surface area (Å²) in [6.45, 7) is 1.74. The smallest absolute Gasteiger partial charge is 0.261 e. The second-order valence-corrected chi connectivity index (χ2v) is 4.59. The molecule has 0 bridgehead atoms. The Labute approximate surface area is 101 Å². The zero-order valence-electron chi connectivity index (χ0n) is 8.94. The van der Waals surface area contributed by atoms with E-state index in [9.17, 15) is 4.79 Å². The van der Waals surface area contributed by atoms with Gasteiger partial charge < -0.3 is 5.73 Å². The second-order valence-electron chi connectivity index (χ2n) is 3.77. The summed E-state index contributed by atoms with van der Waals surface area (Å²) in [4.78, 5) is 21.6. The van der Waals surface area contributed by atoms with Crippen LogP contribution >= 0.6 is 15.9 Å². The van der Waals surface area contributed by atoms with Crippen LogP contribution in [0, 0.1) is 0 Å². The zero-order chi connectivity index (χ0) is 11.9. The van der Waals surface area contributed by atoms with Gasteiger partial charge in [-0.05, 0) is 40.5 Å². The van der Waals surface area contributed by atoms with Gasteiger partial charge in [0.05, 0.1) is 0 Å². The van der Waals surface area contributed by atoms with Gasteiger partial charge in [-0.15, -0.1) is 0 Å². The van der Waals surface area contributed by atoms with Gasteiger partial charge >= 0.3 is 0 Å². The van der Waals surface area contributed by atoms with E-state index in [1.807, 2.05) is 0 Å². The van der Waals surface area contributed by atoms with Crippen LogP contribution in [-0.2, 0) is 10.3 Å². The summed E-state index contributed by atoms with van der Waals surface area (Å²) in [6, 6.07) is 3.53. The third kappa shape index (κ3) is 1.49. The van der Waals surface area contributed by atoms with Crippen molar-refractivity contribution >= 4 is 27.8 Å². The van der Waals surface area contributed by atoms with E-state index in [4.69, 9.17) is 5.73 Å². The molecule has 1 aliphatic rings. The van der Waals surface area contributed by atoms with Crippen molar-refractivity contribution in [3.05, 3.63) is 28.5 Å². The van der Waals surface area contributed by atoms with Crippen LogP contribution in [-0.4, -0.2) is 28.8 Å². The van der Waals surface area contributed by atoms with Crippen molar-refractivity contribution in [1.29, 1.82) is 0 Å². The number of halogens is 1. The van der Waals surface area contributed by atoms with E-state index in [1.54, 1.807) is 32.3 Å². The molecular weight excluding hydrogens is 272 g/mol. The molecule has 84 valence electrons. The lowest BCUT2D eigenvalue weighted by molar-refractivity contribution is -0.130. The van der Waals surface area contributed by atoms with Gasteiger partial charge in [0, 0.05) is 13.2 Å². The van der Waals surface area contributed by atoms with Gasteiger partial charge in [0.1, 0.15) is 4.60 Å². The van der Waals surface area contributed by atoms with Crippen molar-refractivity contribution in [2.45, 2.75) is 12.5 Å². The zero-order valence-corrected chi connectivity index (χ0v) is 10.5. The van der Waals surface area contributed by atoms with E-state index in [-0.39, 0.29) is 11.9 Å². The van der Waals surface area contributed by atoms with Crippen molar-refractivity contribution in [3.63, 3.8) is 0 Å². The first-order valence-corrected chi connectivity index (χ1v) is 5.50. The molecule has 0 aliphatic carbocycles. The van der Waals surface area contributed by atoms with Gasteiger partial charge in [0.25, 0.3) is 5.91 Å². The molecule has 1 aromatic rings. The molecule has 0 fully saturated rings. The lowest BCUT2D eigenvalue weighted by atomic mass is 9.93. The van der Waals surface area contributed by atoms with Crippen LogP contribution in [0.5, 0.6) is 0 Å². The summed E-state index contributed by atoms with van der Waals surface area (Å²) in [5.41, 5.74) is 5.48. The average Bonchev–Trinajstić information content (AvgIpc) is 2.44. The predicted octanol–water partition coefficient (Wildman–Crippen LogP) is 0.846. The Kier molecular flexibility index (Phi) is 2.46. The van der Waals surface area contributed by atoms with Crippen molar-refractivity contribution in [2.24, 2.45) is 10.7 Å². The molecule has 0 radical (unpaired) electrons. The van der Waals surface area contributed by atoms with Crippen molar-refractivity contribution in [2.75, 3.05) is 7.05 Å². The highest BCUT2D eigenvalue weighted by Crippen LogP contribution is 2.32. The summed E-state index contributed by atoms with van der Waals surface area (Å²) >= 11 is 3.27. The van der Waals surface area contributed by atoms with Crippen molar-refractivity contribution in [1.82, 2.24) is 9.88 Å². The number of nitrogens with zero attached hydrogens (tertiary/aromatic N) is 3. The highest BCUT2D eigenvalue weighted by Gasteiger charge is 2.43. The van der Waals surface area contributed by atoms with Gasteiger partial charge in [-0.1, -0.05) is 0 Å². The maximum Gasteiger partial charge on any atom is 0.261 e. The number of carbonyl (C=O) groups is 1. The summed E-state index contributed by atoms with van der Waals surface area (Å²) in [5.74, 6) is 0.100. The topological polar surface area (TPSA) is 71.6 Å². The number of aliphatic imine (C=N–C) groups is 1. The lowest BCUT2D eigenvalue weighted by Crippen LogP contribution is -2.38. The van der Waals surface area contributed by atoms with Crippen molar-refractivity contribution in [3.8, 4) is 0 Å². The van der Waals surface area contributed by atoms with E-state index in [1.165, 1.54) is 4.90 Å². The maximum absolute atomic E-state index is 12.0. The molecule has 2 N–H and O–H groups in total. The molecule has 1 atom stereocenters. The quantitative estimate of drug-likeness (QED) is 0.776. The fraction of sp³-hybridized carbons (Fsp3) is 0.300. The van der Waals surface area contributed by atoms with Crippen LogP contribution in [0.25, 0.3) is 0 Å². The Bertz CT molecular complexity index is 487. The Morgan fingerprint density at radius 3 is 2.75 bits per heavy atom. The Morgan fingerprint density at radius 1 is 1.56 bits per heavy atom. The van der Waals surface area contributed by atoms with Gasteiger partial charge in [-0.3, -0.25) is 9.69 Å². The SMILES string of the molecule is CN1C(=O)C(C)(c2ccnc(Br)c2)N=C1N. The number of carbonyl (C=O) groups excluding carboxylic acids is 1. The molecule has 5 nitrogen and oxygen atoms in total. The minimum absolute atomic E-state index is 0.136. The van der Waals surface area contributed by atoms with Crippen LogP contribution in [0.15, 0.2) is 27.9 Å². The summed E-state index contributed by atoms with van der Waals surface area (Å²) in [5, 5.41) is 0. The van der Waals surface area contributed by atoms with Gasteiger partial charge in [0.15, 0.2) is 11.5 Å². The van der Waals surface area contributed by atoms with Gasteiger partial charge in [0.2, 0.25) is 0 Å². The van der Waals surface area contributed by atoms with E-state index < -0.39 is 5.54 Å². The average molecular weight is 283 g/mol. The Hall–Kier alpha value is -1.43. The fourth-order valence-electron chi connectivity index (χ4n) is 1.68. The number of rotatable bonds is 1. The molecule has 0 spiro atoms. The molecule has 2 heterocycles. The minimum Gasteiger partial charge on any atom is -0.369 e. The first-order chi connectivity index (χ1) is 7.45. The monoisotopic (exact) mass is 282 g/mol. The van der Waals surface area contributed by atoms with Gasteiger partial charge in [-0.2, -0.15) is 0 Å². The van der Waals surface area contributed by atoms with Crippen LogP contribution in [0.4, 0.5) is 0 Å². The second kappa shape index (κ2) is 3.55. The Balaban J connectivity index is 2.52. The highest BCUT2D eigenvalue weighted by molar-refractivity contribution is 9.10. The molecule has 1 aromatic heterocycles. The largest absolute Gasteiger partial charge is 0.369 e. The highest BCUT2D eigenvalue weighted by atomic mass is 79.9. The number of nitrogens with two attached hydrogens (primary N) is 1.